The van der Waals surface area contributed by atoms with Crippen molar-refractivity contribution in [3.63, 3.8) is 0 Å². The van der Waals surface area contributed by atoms with Crippen LogP contribution in [0.2, 0.25) is 0 Å². The highest BCUT2D eigenvalue weighted by Gasteiger charge is 2.30. The second kappa shape index (κ2) is 5.52. The maximum atomic E-state index is 11.9. The van der Waals surface area contributed by atoms with Gasteiger partial charge in [0.15, 0.2) is 0 Å². The van der Waals surface area contributed by atoms with Crippen molar-refractivity contribution in [3.8, 4) is 0 Å². The number of likely N-dealkylation sites (tertiary alicyclic amines) is 1. The zero-order valence-electron chi connectivity index (χ0n) is 12.4. The predicted octanol–water partition coefficient (Wildman–Crippen LogP) is 0.839. The average molecular weight is 277 g/mol. The smallest absolute Gasteiger partial charge is 0.222 e. The van der Waals surface area contributed by atoms with E-state index in [-0.39, 0.29) is 5.91 Å². The molecule has 0 spiro atoms. The maximum absolute atomic E-state index is 11.9. The van der Waals surface area contributed by atoms with E-state index in [9.17, 15) is 4.79 Å². The topological polar surface area (TPSA) is 54.3 Å². The van der Waals surface area contributed by atoms with Crippen LogP contribution in [0.4, 0.5) is 0 Å². The van der Waals surface area contributed by atoms with Crippen LogP contribution in [0.5, 0.6) is 0 Å². The maximum Gasteiger partial charge on any atom is 0.222 e. The Balaban J connectivity index is 1.80. The highest BCUT2D eigenvalue weighted by molar-refractivity contribution is 5.75. The Morgan fingerprint density at radius 3 is 2.80 bits per heavy atom. The number of aromatic nitrogens is 3. The van der Waals surface area contributed by atoms with Gasteiger partial charge >= 0.3 is 0 Å². The van der Waals surface area contributed by atoms with Crippen molar-refractivity contribution in [3.05, 3.63) is 11.6 Å². The molecule has 0 bridgehead atoms. The minimum atomic E-state index is 0.239. The van der Waals surface area contributed by atoms with Gasteiger partial charge < -0.3 is 9.47 Å². The zero-order valence-corrected chi connectivity index (χ0v) is 12.4. The van der Waals surface area contributed by atoms with Crippen LogP contribution in [0, 0.1) is 0 Å². The van der Waals surface area contributed by atoms with Gasteiger partial charge in [0.1, 0.15) is 11.6 Å². The van der Waals surface area contributed by atoms with Crippen LogP contribution in [0.15, 0.2) is 0 Å². The highest BCUT2D eigenvalue weighted by atomic mass is 16.2. The van der Waals surface area contributed by atoms with Crippen molar-refractivity contribution in [1.29, 1.82) is 0 Å². The fraction of sp³-hybridized carbons (Fsp3) is 0.786. The predicted molar refractivity (Wildman–Crippen MR) is 75.2 cm³/mol. The summed E-state index contributed by atoms with van der Waals surface area (Å²) in [6.45, 7) is 5.43. The van der Waals surface area contributed by atoms with E-state index in [2.05, 4.69) is 26.7 Å². The molecule has 3 rings (SSSR count). The standard InChI is InChI=1S/C14H23N5O/c1-3-13(20)18-8-6-12-15-16-14(19(12)10-9-18)11-5-4-7-17(11)2/h11H,3-10H2,1-2H3. The van der Waals surface area contributed by atoms with E-state index >= 15 is 0 Å². The van der Waals surface area contributed by atoms with Crippen molar-refractivity contribution in [1.82, 2.24) is 24.6 Å². The second-order valence-electron chi connectivity index (χ2n) is 5.75. The summed E-state index contributed by atoms with van der Waals surface area (Å²) in [5, 5.41) is 8.79. The lowest BCUT2D eigenvalue weighted by molar-refractivity contribution is -0.130. The fourth-order valence-electron chi connectivity index (χ4n) is 3.30. The lowest BCUT2D eigenvalue weighted by Gasteiger charge is -2.21. The van der Waals surface area contributed by atoms with Crippen LogP contribution in [0.25, 0.3) is 0 Å². The molecule has 2 aliphatic heterocycles. The first kappa shape index (κ1) is 13.5. The van der Waals surface area contributed by atoms with Crippen LogP contribution in [0.1, 0.15) is 43.9 Å². The Morgan fingerprint density at radius 2 is 2.10 bits per heavy atom. The third-order valence-corrected chi connectivity index (χ3v) is 4.53. The van der Waals surface area contributed by atoms with Crippen LogP contribution in [-0.2, 0) is 17.8 Å². The Hall–Kier alpha value is -1.43. The average Bonchev–Trinajstić information content (AvgIpc) is 2.98. The van der Waals surface area contributed by atoms with Gasteiger partial charge in [0, 0.05) is 32.5 Å². The molecule has 1 saturated heterocycles. The summed E-state index contributed by atoms with van der Waals surface area (Å²) in [6.07, 6.45) is 3.78. The van der Waals surface area contributed by atoms with Crippen molar-refractivity contribution >= 4 is 5.91 Å². The summed E-state index contributed by atoms with van der Waals surface area (Å²) in [7, 11) is 2.16. The van der Waals surface area contributed by atoms with Gasteiger partial charge in [-0.15, -0.1) is 10.2 Å². The Kier molecular flexibility index (Phi) is 3.74. The van der Waals surface area contributed by atoms with Gasteiger partial charge in [-0.1, -0.05) is 6.92 Å². The molecule has 0 radical (unpaired) electrons. The molecule has 2 aliphatic rings. The van der Waals surface area contributed by atoms with E-state index < -0.39 is 0 Å². The quantitative estimate of drug-likeness (QED) is 0.804. The third-order valence-electron chi connectivity index (χ3n) is 4.53. The normalized spacial score (nSPS) is 23.7. The molecule has 1 fully saturated rings. The summed E-state index contributed by atoms with van der Waals surface area (Å²) in [5.41, 5.74) is 0. The molecule has 0 saturated carbocycles. The number of fused-ring (bicyclic) bond motifs is 1. The Morgan fingerprint density at radius 1 is 1.25 bits per heavy atom. The van der Waals surface area contributed by atoms with Crippen molar-refractivity contribution in [2.24, 2.45) is 0 Å². The molecule has 0 N–H and O–H groups in total. The molecule has 3 heterocycles. The molecule has 110 valence electrons. The van der Waals surface area contributed by atoms with E-state index in [4.69, 9.17) is 0 Å². The van der Waals surface area contributed by atoms with E-state index in [0.717, 1.165) is 50.7 Å². The summed E-state index contributed by atoms with van der Waals surface area (Å²) < 4.78 is 2.25. The molecule has 0 aliphatic carbocycles. The summed E-state index contributed by atoms with van der Waals surface area (Å²) >= 11 is 0. The lowest BCUT2D eigenvalue weighted by atomic mass is 10.2. The van der Waals surface area contributed by atoms with E-state index in [0.29, 0.717) is 12.5 Å². The van der Waals surface area contributed by atoms with Gasteiger partial charge in [-0.25, -0.2) is 0 Å². The number of rotatable bonds is 2. The van der Waals surface area contributed by atoms with Crippen LogP contribution in [0.3, 0.4) is 0 Å². The molecule has 1 aromatic rings. The first-order valence-corrected chi connectivity index (χ1v) is 7.60. The molecule has 1 unspecified atom stereocenters. The minimum absolute atomic E-state index is 0.239. The Bertz CT molecular complexity index is 498. The number of hydrogen-bond acceptors (Lipinski definition) is 4. The first-order valence-electron chi connectivity index (χ1n) is 7.60. The monoisotopic (exact) mass is 277 g/mol. The number of nitrogens with zero attached hydrogens (tertiary/aromatic N) is 5. The number of carbonyl (C=O) groups is 1. The van der Waals surface area contributed by atoms with Crippen molar-refractivity contribution in [2.75, 3.05) is 26.7 Å². The number of hydrogen-bond donors (Lipinski definition) is 0. The van der Waals surface area contributed by atoms with E-state index in [1.807, 2.05) is 11.8 Å². The molecular formula is C14H23N5O. The highest BCUT2D eigenvalue weighted by Crippen LogP contribution is 2.29. The van der Waals surface area contributed by atoms with Gasteiger partial charge in [0.2, 0.25) is 5.91 Å². The number of amides is 1. The minimum Gasteiger partial charge on any atom is -0.340 e. The van der Waals surface area contributed by atoms with Crippen LogP contribution < -0.4 is 0 Å². The summed E-state index contributed by atoms with van der Waals surface area (Å²) in [4.78, 5) is 16.2. The molecule has 6 nitrogen and oxygen atoms in total. The van der Waals surface area contributed by atoms with Crippen LogP contribution in [-0.4, -0.2) is 57.2 Å². The molecule has 1 atom stereocenters. The van der Waals surface area contributed by atoms with E-state index in [1.54, 1.807) is 0 Å². The van der Waals surface area contributed by atoms with Gasteiger partial charge in [0.05, 0.1) is 6.04 Å². The number of carbonyl (C=O) groups excluding carboxylic acids is 1. The molecule has 0 aromatic carbocycles. The molecular weight excluding hydrogens is 254 g/mol. The van der Waals surface area contributed by atoms with Crippen molar-refractivity contribution < 1.29 is 4.79 Å². The van der Waals surface area contributed by atoms with Crippen LogP contribution >= 0.6 is 0 Å². The largest absolute Gasteiger partial charge is 0.340 e. The van der Waals surface area contributed by atoms with Gasteiger partial charge in [-0.2, -0.15) is 0 Å². The van der Waals surface area contributed by atoms with E-state index in [1.165, 1.54) is 6.42 Å². The summed E-state index contributed by atoms with van der Waals surface area (Å²) in [6, 6.07) is 0.393. The lowest BCUT2D eigenvalue weighted by Crippen LogP contribution is -2.33. The molecule has 1 aromatic heterocycles. The zero-order chi connectivity index (χ0) is 14.1. The summed E-state index contributed by atoms with van der Waals surface area (Å²) in [5.74, 6) is 2.36. The van der Waals surface area contributed by atoms with Gasteiger partial charge in [-0.3, -0.25) is 9.69 Å². The Labute approximate surface area is 119 Å². The van der Waals surface area contributed by atoms with Crippen molar-refractivity contribution in [2.45, 2.75) is 45.2 Å². The third kappa shape index (κ3) is 2.32. The molecule has 1 amide bonds. The van der Waals surface area contributed by atoms with Gasteiger partial charge in [0.25, 0.3) is 0 Å². The van der Waals surface area contributed by atoms with Gasteiger partial charge in [-0.05, 0) is 26.4 Å². The molecule has 6 heteroatoms. The molecule has 20 heavy (non-hydrogen) atoms. The second-order valence-corrected chi connectivity index (χ2v) is 5.75. The SMILES string of the molecule is CCC(=O)N1CCc2nnc(C3CCCN3C)n2CC1. The fourth-order valence-corrected chi connectivity index (χ4v) is 3.30. The first-order chi connectivity index (χ1) is 9.70.